The first-order valence-corrected chi connectivity index (χ1v) is 6.27. The number of phenols is 1. The van der Waals surface area contributed by atoms with Crippen molar-refractivity contribution in [2.75, 3.05) is 0 Å². The number of carboxylic acid groups (broad SMARTS) is 1. The van der Waals surface area contributed by atoms with Crippen molar-refractivity contribution < 1.29 is 24.5 Å². The number of Topliss-reactive ketones (excluding diaryl/α,β-unsaturated/α-hetero) is 1. The summed E-state index contributed by atoms with van der Waals surface area (Å²) in [7, 11) is 0. The molecule has 5 heteroatoms. The van der Waals surface area contributed by atoms with Crippen LogP contribution in [0, 0.1) is 0 Å². The maximum atomic E-state index is 11.4. The number of aromatic carboxylic acids is 1. The van der Waals surface area contributed by atoms with Crippen LogP contribution in [-0.4, -0.2) is 22.0 Å². The number of carbonyl (C=O) groups excluding carboxylic acids is 1. The summed E-state index contributed by atoms with van der Waals surface area (Å²) < 4.78 is 5.42. The molecular weight excluding hydrogens is 272 g/mol. The van der Waals surface area contributed by atoms with Crippen LogP contribution in [0.1, 0.15) is 33.2 Å². The van der Waals surface area contributed by atoms with Gasteiger partial charge in [-0.25, -0.2) is 4.79 Å². The topological polar surface area (TPSA) is 83.8 Å². The molecule has 108 valence electrons. The summed E-state index contributed by atoms with van der Waals surface area (Å²) in [5, 5.41) is 19.1. The third kappa shape index (κ3) is 3.20. The van der Waals surface area contributed by atoms with Crippen molar-refractivity contribution in [3.63, 3.8) is 0 Å². The lowest BCUT2D eigenvalue weighted by molar-refractivity contribution is 0.0688. The molecule has 2 aromatic rings. The normalized spacial score (nSPS) is 10.1. The van der Waals surface area contributed by atoms with Crippen LogP contribution in [-0.2, 0) is 6.61 Å². The number of aromatic hydroxyl groups is 1. The zero-order chi connectivity index (χ0) is 15.4. The van der Waals surface area contributed by atoms with E-state index in [9.17, 15) is 14.7 Å². The Morgan fingerprint density at radius 1 is 1.10 bits per heavy atom. The average molecular weight is 286 g/mol. The molecule has 2 N–H and O–H groups in total. The highest BCUT2D eigenvalue weighted by atomic mass is 16.5. The van der Waals surface area contributed by atoms with Gasteiger partial charge in [-0.2, -0.15) is 0 Å². The summed E-state index contributed by atoms with van der Waals surface area (Å²) in [4.78, 5) is 22.6. The minimum Gasteiger partial charge on any atom is -0.504 e. The summed E-state index contributed by atoms with van der Waals surface area (Å²) in [6.07, 6.45) is 0. The number of hydrogen-bond acceptors (Lipinski definition) is 4. The van der Waals surface area contributed by atoms with Crippen LogP contribution < -0.4 is 4.74 Å². The van der Waals surface area contributed by atoms with E-state index in [2.05, 4.69) is 0 Å². The lowest BCUT2D eigenvalue weighted by Gasteiger charge is -2.12. The van der Waals surface area contributed by atoms with E-state index in [0.29, 0.717) is 0 Å². The van der Waals surface area contributed by atoms with Crippen molar-refractivity contribution in [2.24, 2.45) is 0 Å². The molecule has 21 heavy (non-hydrogen) atoms. The molecule has 5 nitrogen and oxygen atoms in total. The molecule has 0 aliphatic rings. The second-order valence-electron chi connectivity index (χ2n) is 4.47. The van der Waals surface area contributed by atoms with Crippen molar-refractivity contribution in [3.05, 3.63) is 59.2 Å². The van der Waals surface area contributed by atoms with Crippen molar-refractivity contribution in [3.8, 4) is 11.5 Å². The predicted molar refractivity (Wildman–Crippen MR) is 75.8 cm³/mol. The van der Waals surface area contributed by atoms with Crippen molar-refractivity contribution in [1.29, 1.82) is 0 Å². The molecule has 0 fully saturated rings. The summed E-state index contributed by atoms with van der Waals surface area (Å²) in [5.74, 6) is -2.31. The number of ether oxygens (including phenoxy) is 1. The zero-order valence-corrected chi connectivity index (χ0v) is 11.4. The largest absolute Gasteiger partial charge is 0.504 e. The van der Waals surface area contributed by atoms with Crippen molar-refractivity contribution >= 4 is 11.8 Å². The quantitative estimate of drug-likeness (QED) is 0.826. The number of carbonyl (C=O) groups is 2. The minimum atomic E-state index is -1.37. The molecule has 0 saturated heterocycles. The number of carboxylic acids is 1. The van der Waals surface area contributed by atoms with Crippen LogP contribution >= 0.6 is 0 Å². The molecule has 0 amide bonds. The standard InChI is InChI=1S/C16H14O5/c1-10(17)12-7-8-13(15(18)14(12)16(19)20)21-9-11-5-3-2-4-6-11/h2-8,18H,9H2,1H3,(H,19,20). The zero-order valence-electron chi connectivity index (χ0n) is 11.4. The van der Waals surface area contributed by atoms with E-state index in [1.807, 2.05) is 30.3 Å². The van der Waals surface area contributed by atoms with E-state index in [-0.39, 0.29) is 17.9 Å². The van der Waals surface area contributed by atoms with Gasteiger partial charge in [-0.1, -0.05) is 30.3 Å². The smallest absolute Gasteiger partial charge is 0.340 e. The Kier molecular flexibility index (Phi) is 4.23. The highest BCUT2D eigenvalue weighted by Crippen LogP contribution is 2.33. The maximum absolute atomic E-state index is 11.4. The van der Waals surface area contributed by atoms with Crippen LogP contribution in [0.4, 0.5) is 0 Å². The van der Waals surface area contributed by atoms with Crippen LogP contribution in [0.5, 0.6) is 11.5 Å². The number of benzene rings is 2. The minimum absolute atomic E-state index is 0.0289. The molecule has 0 atom stereocenters. The second kappa shape index (κ2) is 6.09. The van der Waals surface area contributed by atoms with Crippen molar-refractivity contribution in [1.82, 2.24) is 0 Å². The fraction of sp³-hybridized carbons (Fsp3) is 0.125. The predicted octanol–water partition coefficient (Wildman–Crippen LogP) is 2.87. The molecular formula is C16H14O5. The highest BCUT2D eigenvalue weighted by molar-refractivity contribution is 6.07. The lowest BCUT2D eigenvalue weighted by Crippen LogP contribution is -2.08. The first kappa shape index (κ1) is 14.6. The first-order chi connectivity index (χ1) is 10.0. The fourth-order valence-corrected chi connectivity index (χ4v) is 1.93. The third-order valence-corrected chi connectivity index (χ3v) is 2.97. The lowest BCUT2D eigenvalue weighted by atomic mass is 10.0. The fourth-order valence-electron chi connectivity index (χ4n) is 1.93. The van der Waals surface area contributed by atoms with Crippen LogP contribution in [0.2, 0.25) is 0 Å². The van der Waals surface area contributed by atoms with Gasteiger partial charge in [-0.05, 0) is 24.6 Å². The van der Waals surface area contributed by atoms with Crippen LogP contribution in [0.3, 0.4) is 0 Å². The second-order valence-corrected chi connectivity index (χ2v) is 4.47. The average Bonchev–Trinajstić information content (AvgIpc) is 2.46. The monoisotopic (exact) mass is 286 g/mol. The Hall–Kier alpha value is -2.82. The van der Waals surface area contributed by atoms with Gasteiger partial charge in [0.15, 0.2) is 17.3 Å². The van der Waals surface area contributed by atoms with E-state index in [0.717, 1.165) is 5.56 Å². The molecule has 0 spiro atoms. The summed E-state index contributed by atoms with van der Waals surface area (Å²) in [6.45, 7) is 1.43. The van der Waals surface area contributed by atoms with Crippen LogP contribution in [0.15, 0.2) is 42.5 Å². The molecule has 0 bridgehead atoms. The van der Waals surface area contributed by atoms with Gasteiger partial charge in [0, 0.05) is 5.56 Å². The highest BCUT2D eigenvalue weighted by Gasteiger charge is 2.21. The van der Waals surface area contributed by atoms with Gasteiger partial charge in [0.25, 0.3) is 0 Å². The molecule has 2 aromatic carbocycles. The van der Waals surface area contributed by atoms with E-state index in [1.54, 1.807) is 0 Å². The third-order valence-electron chi connectivity index (χ3n) is 2.97. The van der Waals surface area contributed by atoms with Crippen LogP contribution in [0.25, 0.3) is 0 Å². The van der Waals surface area contributed by atoms with Gasteiger partial charge >= 0.3 is 5.97 Å². The summed E-state index contributed by atoms with van der Waals surface area (Å²) in [5.41, 5.74) is 0.393. The Labute approximate surface area is 121 Å². The van der Waals surface area contributed by atoms with Gasteiger partial charge in [-0.3, -0.25) is 4.79 Å². The van der Waals surface area contributed by atoms with Gasteiger partial charge < -0.3 is 14.9 Å². The Balaban J connectivity index is 2.31. The molecule has 0 heterocycles. The molecule has 0 radical (unpaired) electrons. The van der Waals surface area contributed by atoms with E-state index >= 15 is 0 Å². The Morgan fingerprint density at radius 2 is 1.76 bits per heavy atom. The SMILES string of the molecule is CC(=O)c1ccc(OCc2ccccc2)c(O)c1C(=O)O. The maximum Gasteiger partial charge on any atom is 0.340 e. The number of rotatable bonds is 5. The first-order valence-electron chi connectivity index (χ1n) is 6.27. The van der Waals surface area contributed by atoms with Gasteiger partial charge in [0.05, 0.1) is 0 Å². The molecule has 0 aliphatic heterocycles. The molecule has 0 saturated carbocycles. The Morgan fingerprint density at radius 3 is 2.33 bits per heavy atom. The van der Waals surface area contributed by atoms with Gasteiger partial charge in [-0.15, -0.1) is 0 Å². The summed E-state index contributed by atoms with van der Waals surface area (Å²) >= 11 is 0. The number of hydrogen-bond donors (Lipinski definition) is 2. The van der Waals surface area contributed by atoms with E-state index in [4.69, 9.17) is 9.84 Å². The number of ketones is 1. The van der Waals surface area contributed by atoms with Gasteiger partial charge in [0.1, 0.15) is 12.2 Å². The van der Waals surface area contributed by atoms with Crippen molar-refractivity contribution in [2.45, 2.75) is 13.5 Å². The van der Waals surface area contributed by atoms with E-state index in [1.165, 1.54) is 19.1 Å². The molecule has 2 rings (SSSR count). The Bertz CT molecular complexity index is 677. The molecule has 0 unspecified atom stereocenters. The molecule has 0 aliphatic carbocycles. The van der Waals surface area contributed by atoms with Gasteiger partial charge in [0.2, 0.25) is 0 Å². The summed E-state index contributed by atoms with van der Waals surface area (Å²) in [6, 6.07) is 12.0. The van der Waals surface area contributed by atoms with E-state index < -0.39 is 23.1 Å². The molecule has 0 aromatic heterocycles.